The van der Waals surface area contributed by atoms with E-state index in [9.17, 15) is 14.0 Å². The Morgan fingerprint density at radius 3 is 2.39 bits per heavy atom. The predicted octanol–water partition coefficient (Wildman–Crippen LogP) is 4.38. The third-order valence-corrected chi connectivity index (χ3v) is 6.47. The number of thiazole rings is 2. The molecular weight excluding hydrogens is 435 g/mol. The van der Waals surface area contributed by atoms with Gasteiger partial charge in [-0.15, -0.1) is 22.7 Å². The zero-order chi connectivity index (χ0) is 21.8. The van der Waals surface area contributed by atoms with Crippen molar-refractivity contribution in [2.75, 3.05) is 0 Å². The molecule has 0 saturated carbocycles. The molecule has 0 fully saturated rings. The number of nitrogens with zero attached hydrogens (tertiary/aromatic N) is 2. The van der Waals surface area contributed by atoms with Gasteiger partial charge in [-0.3, -0.25) is 20.4 Å². The van der Waals surface area contributed by atoms with Crippen molar-refractivity contribution < 1.29 is 14.0 Å². The summed E-state index contributed by atoms with van der Waals surface area (Å²) in [7, 11) is 0. The Balaban J connectivity index is 1.35. The summed E-state index contributed by atoms with van der Waals surface area (Å²) in [5.41, 5.74) is 7.72. The van der Waals surface area contributed by atoms with Gasteiger partial charge in [0.2, 0.25) is 5.91 Å². The summed E-state index contributed by atoms with van der Waals surface area (Å²) in [6.45, 7) is 1.76. The van der Waals surface area contributed by atoms with Gasteiger partial charge in [-0.2, -0.15) is 0 Å². The van der Waals surface area contributed by atoms with Gasteiger partial charge < -0.3 is 0 Å². The van der Waals surface area contributed by atoms with Gasteiger partial charge in [0.15, 0.2) is 0 Å². The molecule has 0 radical (unpaired) electrons. The van der Waals surface area contributed by atoms with Crippen LogP contribution in [0.15, 0.2) is 60.0 Å². The molecule has 0 saturated heterocycles. The SMILES string of the molecule is Cc1nc(-c2ccccc2)sc1C(=O)NNC(=O)Cc1csc(-c2ccc(F)cc2)n1. The summed E-state index contributed by atoms with van der Waals surface area (Å²) in [6.07, 6.45) is 0.00884. The first-order valence-electron chi connectivity index (χ1n) is 9.32. The Hall–Kier alpha value is -3.43. The molecule has 0 spiro atoms. The molecule has 0 unspecified atom stereocenters. The molecule has 2 aromatic carbocycles. The summed E-state index contributed by atoms with van der Waals surface area (Å²) in [5, 5.41) is 3.20. The van der Waals surface area contributed by atoms with Gasteiger partial charge in [0.1, 0.15) is 20.7 Å². The second kappa shape index (κ2) is 9.15. The monoisotopic (exact) mass is 452 g/mol. The molecule has 2 N–H and O–H groups in total. The number of hydrazine groups is 1. The topological polar surface area (TPSA) is 84.0 Å². The van der Waals surface area contributed by atoms with E-state index in [2.05, 4.69) is 20.8 Å². The minimum atomic E-state index is -0.421. The number of carbonyl (C=O) groups excluding carboxylic acids is 2. The van der Waals surface area contributed by atoms with Gasteiger partial charge >= 0.3 is 0 Å². The number of hydrogen-bond acceptors (Lipinski definition) is 6. The summed E-state index contributed by atoms with van der Waals surface area (Å²) >= 11 is 2.63. The number of nitrogens with one attached hydrogen (secondary N) is 2. The van der Waals surface area contributed by atoms with E-state index in [4.69, 9.17) is 0 Å². The van der Waals surface area contributed by atoms with Crippen molar-refractivity contribution >= 4 is 34.5 Å². The van der Waals surface area contributed by atoms with Crippen LogP contribution in [0.25, 0.3) is 21.1 Å². The number of hydrogen-bond donors (Lipinski definition) is 2. The van der Waals surface area contributed by atoms with E-state index in [0.717, 1.165) is 16.1 Å². The summed E-state index contributed by atoms with van der Waals surface area (Å²) < 4.78 is 13.1. The number of rotatable bonds is 5. The minimum absolute atomic E-state index is 0.00884. The molecule has 6 nitrogen and oxygen atoms in total. The highest BCUT2D eigenvalue weighted by Crippen LogP contribution is 2.27. The van der Waals surface area contributed by atoms with Crippen LogP contribution in [0.3, 0.4) is 0 Å². The third-order valence-electron chi connectivity index (χ3n) is 4.32. The fourth-order valence-corrected chi connectivity index (χ4v) is 4.61. The van der Waals surface area contributed by atoms with Gasteiger partial charge in [-0.25, -0.2) is 14.4 Å². The van der Waals surface area contributed by atoms with Gasteiger partial charge in [0, 0.05) is 16.5 Å². The highest BCUT2D eigenvalue weighted by Gasteiger charge is 2.17. The van der Waals surface area contributed by atoms with E-state index in [1.165, 1.54) is 34.8 Å². The Morgan fingerprint density at radius 2 is 1.65 bits per heavy atom. The first kappa shape index (κ1) is 20.8. The van der Waals surface area contributed by atoms with Gasteiger partial charge in [-0.05, 0) is 31.2 Å². The molecule has 0 bridgehead atoms. The van der Waals surface area contributed by atoms with Crippen LogP contribution < -0.4 is 10.9 Å². The van der Waals surface area contributed by atoms with Crippen LogP contribution in [-0.2, 0) is 11.2 Å². The molecule has 0 aliphatic rings. The van der Waals surface area contributed by atoms with Crippen molar-refractivity contribution in [3.05, 3.63) is 82.1 Å². The lowest BCUT2D eigenvalue weighted by atomic mass is 10.2. The van der Waals surface area contributed by atoms with E-state index in [-0.39, 0.29) is 12.2 Å². The molecule has 9 heteroatoms. The number of amides is 2. The van der Waals surface area contributed by atoms with Crippen LogP contribution in [0.2, 0.25) is 0 Å². The Morgan fingerprint density at radius 1 is 0.935 bits per heavy atom. The summed E-state index contributed by atoms with van der Waals surface area (Å²) in [4.78, 5) is 34.0. The van der Waals surface area contributed by atoms with Crippen molar-refractivity contribution in [3.8, 4) is 21.1 Å². The minimum Gasteiger partial charge on any atom is -0.273 e. The molecule has 31 heavy (non-hydrogen) atoms. The second-order valence-electron chi connectivity index (χ2n) is 6.63. The molecule has 0 atom stereocenters. The van der Waals surface area contributed by atoms with Crippen LogP contribution in [0.4, 0.5) is 4.39 Å². The van der Waals surface area contributed by atoms with Gasteiger partial charge in [-0.1, -0.05) is 30.3 Å². The highest BCUT2D eigenvalue weighted by molar-refractivity contribution is 7.17. The van der Waals surface area contributed by atoms with Crippen molar-refractivity contribution in [2.24, 2.45) is 0 Å². The maximum absolute atomic E-state index is 13.1. The number of halogens is 1. The molecule has 2 amide bonds. The summed E-state index contributed by atoms with van der Waals surface area (Å²) in [6, 6.07) is 15.6. The largest absolute Gasteiger partial charge is 0.281 e. The predicted molar refractivity (Wildman–Crippen MR) is 119 cm³/mol. The molecule has 4 aromatic rings. The van der Waals surface area contributed by atoms with Gasteiger partial charge in [0.25, 0.3) is 5.91 Å². The van der Waals surface area contributed by atoms with E-state index in [0.29, 0.717) is 21.3 Å². The number of aromatic nitrogens is 2. The molecule has 2 heterocycles. The van der Waals surface area contributed by atoms with Crippen molar-refractivity contribution in [3.63, 3.8) is 0 Å². The number of carbonyl (C=O) groups is 2. The van der Waals surface area contributed by atoms with Gasteiger partial charge in [0.05, 0.1) is 17.8 Å². The molecule has 156 valence electrons. The Labute approximate surface area is 185 Å². The first-order valence-corrected chi connectivity index (χ1v) is 11.0. The van der Waals surface area contributed by atoms with E-state index in [1.54, 1.807) is 24.4 Å². The molecule has 0 aliphatic heterocycles. The normalized spacial score (nSPS) is 10.6. The zero-order valence-electron chi connectivity index (χ0n) is 16.4. The van der Waals surface area contributed by atoms with Crippen LogP contribution in [0.5, 0.6) is 0 Å². The standard InChI is InChI=1S/C22H17FN4O2S2/c1-13-19(31-22(24-13)14-5-3-2-4-6-14)20(29)27-26-18(28)11-17-12-30-21(25-17)15-7-9-16(23)10-8-15/h2-10,12H,11H2,1H3,(H,26,28)(H,27,29). The molecular formula is C22H17FN4O2S2. The molecule has 4 rings (SSSR count). The lowest BCUT2D eigenvalue weighted by Gasteiger charge is -2.05. The first-order chi connectivity index (χ1) is 15.0. The van der Waals surface area contributed by atoms with Crippen molar-refractivity contribution in [1.82, 2.24) is 20.8 Å². The number of benzene rings is 2. The van der Waals surface area contributed by atoms with E-state index in [1.807, 2.05) is 30.3 Å². The number of aryl methyl sites for hydroxylation is 1. The zero-order valence-corrected chi connectivity index (χ0v) is 18.0. The maximum Gasteiger partial charge on any atom is 0.281 e. The van der Waals surface area contributed by atoms with Crippen LogP contribution >= 0.6 is 22.7 Å². The third kappa shape index (κ3) is 5.01. The molecule has 2 aromatic heterocycles. The fraction of sp³-hybridized carbons (Fsp3) is 0.0909. The van der Waals surface area contributed by atoms with Crippen LogP contribution in [0, 0.1) is 12.7 Å². The lowest BCUT2D eigenvalue weighted by Crippen LogP contribution is -2.42. The smallest absolute Gasteiger partial charge is 0.273 e. The summed E-state index contributed by atoms with van der Waals surface area (Å²) in [5.74, 6) is -1.13. The Bertz CT molecular complexity index is 1220. The van der Waals surface area contributed by atoms with E-state index >= 15 is 0 Å². The maximum atomic E-state index is 13.1. The van der Waals surface area contributed by atoms with Crippen LogP contribution in [0.1, 0.15) is 21.1 Å². The van der Waals surface area contributed by atoms with Crippen LogP contribution in [-0.4, -0.2) is 21.8 Å². The fourth-order valence-electron chi connectivity index (χ4n) is 2.82. The van der Waals surface area contributed by atoms with E-state index < -0.39 is 11.8 Å². The average molecular weight is 453 g/mol. The molecule has 0 aliphatic carbocycles. The average Bonchev–Trinajstić information content (AvgIpc) is 3.40. The highest BCUT2D eigenvalue weighted by atomic mass is 32.1. The Kier molecular flexibility index (Phi) is 6.15. The lowest BCUT2D eigenvalue weighted by molar-refractivity contribution is -0.121. The second-order valence-corrected chi connectivity index (χ2v) is 8.49. The van der Waals surface area contributed by atoms with Crippen molar-refractivity contribution in [1.29, 1.82) is 0 Å². The quantitative estimate of drug-likeness (QED) is 0.440. The van der Waals surface area contributed by atoms with Crippen molar-refractivity contribution in [2.45, 2.75) is 13.3 Å².